The van der Waals surface area contributed by atoms with Crippen molar-refractivity contribution in [1.29, 1.82) is 0 Å². The van der Waals surface area contributed by atoms with Gasteiger partial charge in [0, 0.05) is 42.1 Å². The minimum absolute atomic E-state index is 0.0737. The molecule has 1 aromatic carbocycles. The first kappa shape index (κ1) is 19.8. The number of carbonyl (C=O) groups is 2. The Bertz CT molecular complexity index is 775. The largest absolute Gasteiger partial charge is 0.379 e. The molecule has 2 heterocycles. The topological polar surface area (TPSA) is 83.6 Å². The number of carbonyl (C=O) groups excluding carboxylic acids is 2. The van der Waals surface area contributed by atoms with Gasteiger partial charge in [-0.25, -0.2) is 4.98 Å². The molecule has 0 unspecified atom stereocenters. The van der Waals surface area contributed by atoms with Crippen LogP contribution in [-0.4, -0.2) is 67.6 Å². The second-order valence-electron chi connectivity index (χ2n) is 6.03. The van der Waals surface area contributed by atoms with Crippen molar-refractivity contribution >= 4 is 34.8 Å². The fraction of sp³-hybridized carbons (Fsp3) is 0.389. The van der Waals surface area contributed by atoms with Crippen LogP contribution in [-0.2, 0) is 9.53 Å². The molecule has 7 nitrogen and oxygen atoms in total. The summed E-state index contributed by atoms with van der Waals surface area (Å²) in [6.07, 6.45) is 0. The first-order chi connectivity index (χ1) is 13.1. The van der Waals surface area contributed by atoms with E-state index in [4.69, 9.17) is 16.3 Å². The molecular formula is C18H21ClN4O3S. The minimum atomic E-state index is -0.366. The van der Waals surface area contributed by atoms with Gasteiger partial charge in [-0.05, 0) is 12.1 Å². The molecule has 0 radical (unpaired) electrons. The maximum atomic E-state index is 12.2. The first-order valence-electron chi connectivity index (χ1n) is 8.68. The maximum absolute atomic E-state index is 12.2. The predicted molar refractivity (Wildman–Crippen MR) is 105 cm³/mol. The van der Waals surface area contributed by atoms with Gasteiger partial charge in [-0.1, -0.05) is 23.7 Å². The third kappa shape index (κ3) is 6.00. The number of benzene rings is 1. The van der Waals surface area contributed by atoms with E-state index >= 15 is 0 Å². The number of morpholine rings is 1. The summed E-state index contributed by atoms with van der Waals surface area (Å²) in [5.74, 6) is -0.584. The third-order valence-corrected chi connectivity index (χ3v) is 5.23. The van der Waals surface area contributed by atoms with E-state index in [2.05, 4.69) is 20.5 Å². The number of aromatic nitrogens is 1. The SMILES string of the molecule is O=C(CNC(=O)c1csc(-c2ccc(Cl)cc2)n1)NCCN1CCOCC1. The summed E-state index contributed by atoms with van der Waals surface area (Å²) >= 11 is 7.25. The molecule has 0 saturated carbocycles. The molecule has 9 heteroatoms. The summed E-state index contributed by atoms with van der Waals surface area (Å²) in [6, 6.07) is 7.26. The number of halogens is 1. The van der Waals surface area contributed by atoms with Gasteiger partial charge in [0.2, 0.25) is 5.91 Å². The van der Waals surface area contributed by atoms with Gasteiger partial charge in [0.1, 0.15) is 10.7 Å². The standard InChI is InChI=1S/C18H21ClN4O3S/c19-14-3-1-13(2-4-14)18-22-15(12-27-18)17(25)21-11-16(24)20-5-6-23-7-9-26-10-8-23/h1-4,12H,5-11H2,(H,20,24)(H,21,25). The summed E-state index contributed by atoms with van der Waals surface area (Å²) in [5, 5.41) is 8.46. The van der Waals surface area contributed by atoms with E-state index < -0.39 is 0 Å². The van der Waals surface area contributed by atoms with Gasteiger partial charge in [0.05, 0.1) is 19.8 Å². The summed E-state index contributed by atoms with van der Waals surface area (Å²) in [5.41, 5.74) is 1.19. The van der Waals surface area contributed by atoms with Crippen molar-refractivity contribution in [3.63, 3.8) is 0 Å². The van der Waals surface area contributed by atoms with Gasteiger partial charge < -0.3 is 15.4 Å². The van der Waals surface area contributed by atoms with Crippen molar-refractivity contribution in [2.75, 3.05) is 45.9 Å². The van der Waals surface area contributed by atoms with E-state index in [0.717, 1.165) is 43.4 Å². The van der Waals surface area contributed by atoms with E-state index in [1.807, 2.05) is 12.1 Å². The lowest BCUT2D eigenvalue weighted by Crippen LogP contribution is -2.43. The van der Waals surface area contributed by atoms with Crippen LogP contribution in [0.4, 0.5) is 0 Å². The van der Waals surface area contributed by atoms with Gasteiger partial charge >= 0.3 is 0 Å². The van der Waals surface area contributed by atoms with E-state index in [1.54, 1.807) is 17.5 Å². The Kier molecular flexibility index (Phi) is 7.17. The molecule has 3 rings (SSSR count). The van der Waals surface area contributed by atoms with E-state index in [0.29, 0.717) is 17.3 Å². The Morgan fingerprint density at radius 3 is 2.67 bits per heavy atom. The number of nitrogens with zero attached hydrogens (tertiary/aromatic N) is 2. The maximum Gasteiger partial charge on any atom is 0.271 e. The van der Waals surface area contributed by atoms with E-state index in [9.17, 15) is 9.59 Å². The number of thiazole rings is 1. The van der Waals surface area contributed by atoms with Crippen molar-refractivity contribution in [2.45, 2.75) is 0 Å². The summed E-state index contributed by atoms with van der Waals surface area (Å²) in [4.78, 5) is 30.6. The smallest absolute Gasteiger partial charge is 0.271 e. The average molecular weight is 409 g/mol. The highest BCUT2D eigenvalue weighted by molar-refractivity contribution is 7.13. The zero-order chi connectivity index (χ0) is 19.1. The molecule has 0 atom stereocenters. The second kappa shape index (κ2) is 9.80. The lowest BCUT2D eigenvalue weighted by molar-refractivity contribution is -0.120. The lowest BCUT2D eigenvalue weighted by atomic mass is 10.2. The molecule has 1 aliphatic heterocycles. The van der Waals surface area contributed by atoms with E-state index in [1.165, 1.54) is 11.3 Å². The molecule has 0 spiro atoms. The molecule has 144 valence electrons. The lowest BCUT2D eigenvalue weighted by Gasteiger charge is -2.26. The zero-order valence-corrected chi connectivity index (χ0v) is 16.3. The summed E-state index contributed by atoms with van der Waals surface area (Å²) < 4.78 is 5.28. The Labute approximate surface area is 166 Å². The van der Waals surface area contributed by atoms with Crippen LogP contribution in [0.25, 0.3) is 10.6 Å². The second-order valence-corrected chi connectivity index (χ2v) is 7.33. The van der Waals surface area contributed by atoms with Crippen molar-refractivity contribution in [3.8, 4) is 10.6 Å². The molecule has 0 aliphatic carbocycles. The number of hydrogen-bond acceptors (Lipinski definition) is 6. The molecule has 1 aromatic heterocycles. The monoisotopic (exact) mass is 408 g/mol. The normalized spacial score (nSPS) is 14.7. The Hall–Kier alpha value is -2.00. The molecule has 1 aliphatic rings. The Morgan fingerprint density at radius 1 is 1.19 bits per heavy atom. The van der Waals surface area contributed by atoms with Crippen LogP contribution in [0, 0.1) is 0 Å². The van der Waals surface area contributed by atoms with Crippen LogP contribution in [0.5, 0.6) is 0 Å². The average Bonchev–Trinajstić information content (AvgIpc) is 3.18. The van der Waals surface area contributed by atoms with Gasteiger partial charge in [-0.15, -0.1) is 11.3 Å². The van der Waals surface area contributed by atoms with Crippen LogP contribution < -0.4 is 10.6 Å². The molecule has 2 aromatic rings. The number of ether oxygens (including phenoxy) is 1. The van der Waals surface area contributed by atoms with Crippen molar-refractivity contribution in [2.24, 2.45) is 0 Å². The van der Waals surface area contributed by atoms with Crippen LogP contribution in [0.3, 0.4) is 0 Å². The van der Waals surface area contributed by atoms with Crippen LogP contribution >= 0.6 is 22.9 Å². The molecule has 0 bridgehead atoms. The molecule has 1 saturated heterocycles. The van der Waals surface area contributed by atoms with Crippen LogP contribution in [0.15, 0.2) is 29.6 Å². The zero-order valence-electron chi connectivity index (χ0n) is 14.7. The van der Waals surface area contributed by atoms with Crippen molar-refractivity contribution < 1.29 is 14.3 Å². The number of rotatable bonds is 7. The Morgan fingerprint density at radius 2 is 1.93 bits per heavy atom. The van der Waals surface area contributed by atoms with Crippen LogP contribution in [0.2, 0.25) is 5.02 Å². The minimum Gasteiger partial charge on any atom is -0.379 e. The predicted octanol–water partition coefficient (Wildman–Crippen LogP) is 1.64. The Balaban J connectivity index is 1.41. The quantitative estimate of drug-likeness (QED) is 0.727. The molecular weight excluding hydrogens is 388 g/mol. The van der Waals surface area contributed by atoms with Crippen molar-refractivity contribution in [1.82, 2.24) is 20.5 Å². The summed E-state index contributed by atoms with van der Waals surface area (Å²) in [6.45, 7) is 4.48. The highest BCUT2D eigenvalue weighted by Gasteiger charge is 2.14. The van der Waals surface area contributed by atoms with Crippen LogP contribution in [0.1, 0.15) is 10.5 Å². The van der Waals surface area contributed by atoms with Gasteiger partial charge in [0.15, 0.2) is 0 Å². The molecule has 1 fully saturated rings. The fourth-order valence-corrected chi connectivity index (χ4v) is 3.53. The van der Waals surface area contributed by atoms with Gasteiger partial charge in [-0.3, -0.25) is 14.5 Å². The van der Waals surface area contributed by atoms with Crippen molar-refractivity contribution in [3.05, 3.63) is 40.4 Å². The third-order valence-electron chi connectivity index (χ3n) is 4.09. The molecule has 27 heavy (non-hydrogen) atoms. The highest BCUT2D eigenvalue weighted by atomic mass is 35.5. The van der Waals surface area contributed by atoms with E-state index in [-0.39, 0.29) is 18.4 Å². The number of amides is 2. The first-order valence-corrected chi connectivity index (χ1v) is 9.94. The summed E-state index contributed by atoms with van der Waals surface area (Å²) in [7, 11) is 0. The number of hydrogen-bond donors (Lipinski definition) is 2. The molecule has 2 amide bonds. The van der Waals surface area contributed by atoms with Gasteiger partial charge in [0.25, 0.3) is 5.91 Å². The number of nitrogens with one attached hydrogen (secondary N) is 2. The highest BCUT2D eigenvalue weighted by Crippen LogP contribution is 2.25. The molecule has 2 N–H and O–H groups in total. The fourth-order valence-electron chi connectivity index (χ4n) is 2.59. The van der Waals surface area contributed by atoms with Gasteiger partial charge in [-0.2, -0.15) is 0 Å².